The van der Waals surface area contributed by atoms with E-state index in [1.807, 2.05) is 24.3 Å². The monoisotopic (exact) mass is 371 g/mol. The van der Waals surface area contributed by atoms with Crippen LogP contribution in [0.2, 0.25) is 0 Å². The minimum absolute atomic E-state index is 0.0981. The van der Waals surface area contributed by atoms with Crippen LogP contribution < -0.4 is 21.3 Å². The molecule has 0 spiro atoms. The number of aromatic nitrogens is 1. The fourth-order valence-electron chi connectivity index (χ4n) is 2.97. The molecule has 144 valence electrons. The molecule has 3 rings (SSSR count). The van der Waals surface area contributed by atoms with E-state index in [9.17, 15) is 9.59 Å². The van der Waals surface area contributed by atoms with Gasteiger partial charge in [0, 0.05) is 24.5 Å². The predicted octanol–water partition coefficient (Wildman–Crippen LogP) is 2.05. The number of anilines is 2. The quantitative estimate of drug-likeness (QED) is 0.716. The molecule has 27 heavy (non-hydrogen) atoms. The predicted molar refractivity (Wildman–Crippen MR) is 103 cm³/mol. The number of nitrogens with one attached hydrogen (secondary N) is 2. The molecule has 2 heterocycles. The molecule has 1 aliphatic heterocycles. The number of rotatable bonds is 6. The van der Waals surface area contributed by atoms with E-state index in [0.29, 0.717) is 5.69 Å². The molecule has 1 fully saturated rings. The molecular weight excluding hydrogens is 346 g/mol. The first-order chi connectivity index (χ1) is 13.0. The Bertz CT molecular complexity index is 779. The largest absolute Gasteiger partial charge is 0.446 e. The Hall–Kier alpha value is -2.87. The lowest BCUT2D eigenvalue weighted by atomic mass is 10.1. The van der Waals surface area contributed by atoms with E-state index in [2.05, 4.69) is 20.5 Å². The number of hydrogen-bond donors (Lipinski definition) is 3. The molecule has 8 heteroatoms. The summed E-state index contributed by atoms with van der Waals surface area (Å²) in [7, 11) is 0. The van der Waals surface area contributed by atoms with Crippen molar-refractivity contribution in [2.24, 2.45) is 5.73 Å². The Morgan fingerprint density at radius 1 is 1.22 bits per heavy atom. The van der Waals surface area contributed by atoms with Crippen molar-refractivity contribution in [1.82, 2.24) is 10.3 Å². The second-order valence-corrected chi connectivity index (χ2v) is 6.69. The molecule has 1 aromatic heterocycles. The molecule has 2 aromatic rings. The van der Waals surface area contributed by atoms with Crippen LogP contribution in [0.15, 0.2) is 34.9 Å². The van der Waals surface area contributed by atoms with E-state index in [-0.39, 0.29) is 24.0 Å². The zero-order chi connectivity index (χ0) is 19.2. The van der Waals surface area contributed by atoms with E-state index in [1.165, 1.54) is 25.5 Å². The average Bonchev–Trinajstić information content (AvgIpc) is 3.18. The van der Waals surface area contributed by atoms with E-state index < -0.39 is 11.9 Å². The van der Waals surface area contributed by atoms with Gasteiger partial charge in [-0.15, -0.1) is 0 Å². The van der Waals surface area contributed by atoms with Crippen molar-refractivity contribution in [1.29, 1.82) is 0 Å². The van der Waals surface area contributed by atoms with Crippen molar-refractivity contribution in [2.45, 2.75) is 32.2 Å². The fourth-order valence-corrected chi connectivity index (χ4v) is 2.97. The van der Waals surface area contributed by atoms with Gasteiger partial charge in [-0.2, -0.15) is 0 Å². The van der Waals surface area contributed by atoms with Crippen molar-refractivity contribution >= 4 is 23.2 Å². The van der Waals surface area contributed by atoms with Crippen molar-refractivity contribution in [3.63, 3.8) is 0 Å². The summed E-state index contributed by atoms with van der Waals surface area (Å²) >= 11 is 0. The Balaban J connectivity index is 1.47. The first-order valence-electron chi connectivity index (χ1n) is 9.17. The Labute approximate surface area is 158 Å². The normalized spacial score (nSPS) is 15.3. The highest BCUT2D eigenvalue weighted by Crippen LogP contribution is 2.21. The molecule has 8 nitrogen and oxygen atoms in total. The van der Waals surface area contributed by atoms with Crippen LogP contribution in [0, 0.1) is 0 Å². The van der Waals surface area contributed by atoms with Crippen LogP contribution in [-0.4, -0.2) is 36.4 Å². The highest BCUT2D eigenvalue weighted by molar-refractivity contribution is 5.98. The number of piperidine rings is 1. The molecule has 0 unspecified atom stereocenters. The number of carbonyl (C=O) groups is 2. The Morgan fingerprint density at radius 3 is 2.56 bits per heavy atom. The molecule has 0 radical (unpaired) electrons. The van der Waals surface area contributed by atoms with Gasteiger partial charge in [0.2, 0.25) is 11.8 Å². The van der Waals surface area contributed by atoms with Crippen LogP contribution in [0.4, 0.5) is 11.4 Å². The fraction of sp³-hybridized carbons (Fsp3) is 0.421. The smallest absolute Gasteiger partial charge is 0.273 e. The number of carbonyl (C=O) groups excluding carboxylic acids is 2. The van der Waals surface area contributed by atoms with Crippen molar-refractivity contribution in [2.75, 3.05) is 29.9 Å². The minimum atomic E-state index is -0.485. The highest BCUT2D eigenvalue weighted by Gasteiger charge is 2.15. The van der Waals surface area contributed by atoms with Crippen LogP contribution in [-0.2, 0) is 4.79 Å². The summed E-state index contributed by atoms with van der Waals surface area (Å²) in [5.41, 5.74) is 7.59. The number of benzene rings is 1. The van der Waals surface area contributed by atoms with Crippen molar-refractivity contribution in [3.8, 4) is 0 Å². The van der Waals surface area contributed by atoms with Gasteiger partial charge in [0.15, 0.2) is 5.69 Å². The third kappa shape index (κ3) is 5.07. The number of amides is 2. The summed E-state index contributed by atoms with van der Waals surface area (Å²) in [5.74, 6) is -0.523. The number of nitrogens with two attached hydrogens (primary N) is 1. The average molecular weight is 371 g/mol. The van der Waals surface area contributed by atoms with Gasteiger partial charge in [-0.3, -0.25) is 9.59 Å². The molecule has 1 atom stereocenters. The van der Waals surface area contributed by atoms with Crippen LogP contribution in [0.25, 0.3) is 0 Å². The molecule has 1 aliphatic rings. The van der Waals surface area contributed by atoms with Gasteiger partial charge in [-0.1, -0.05) is 0 Å². The molecule has 4 N–H and O–H groups in total. The summed E-state index contributed by atoms with van der Waals surface area (Å²) < 4.78 is 5.11. The van der Waals surface area contributed by atoms with Crippen molar-refractivity contribution in [3.05, 3.63) is 42.1 Å². The molecule has 0 aliphatic carbocycles. The molecule has 0 bridgehead atoms. The molecule has 1 saturated heterocycles. The lowest BCUT2D eigenvalue weighted by Gasteiger charge is -2.28. The van der Waals surface area contributed by atoms with E-state index in [1.54, 1.807) is 6.92 Å². The summed E-state index contributed by atoms with van der Waals surface area (Å²) in [6.45, 7) is 3.69. The van der Waals surface area contributed by atoms with E-state index in [4.69, 9.17) is 10.2 Å². The Morgan fingerprint density at radius 2 is 1.93 bits per heavy atom. The lowest BCUT2D eigenvalue weighted by Crippen LogP contribution is -2.33. The molecular formula is C19H25N5O3. The second kappa shape index (κ2) is 8.68. The summed E-state index contributed by atoms with van der Waals surface area (Å²) in [5, 5.41) is 5.28. The number of oxazole rings is 1. The second-order valence-electron chi connectivity index (χ2n) is 6.69. The van der Waals surface area contributed by atoms with Gasteiger partial charge in [-0.05, 0) is 50.5 Å². The zero-order valence-electron chi connectivity index (χ0n) is 15.4. The maximum Gasteiger partial charge on any atom is 0.273 e. The summed E-state index contributed by atoms with van der Waals surface area (Å²) in [4.78, 5) is 30.4. The van der Waals surface area contributed by atoms with Gasteiger partial charge in [0.05, 0.1) is 12.6 Å². The maximum absolute atomic E-state index is 12.0. The standard InChI is InChI=1S/C19H25N5O3/c1-13(20)19-23-16(12-27-19)18(26)21-11-17(25)22-14-5-7-15(8-6-14)24-9-3-2-4-10-24/h5-8,12-13H,2-4,9-11,20H2,1H3,(H,21,26)(H,22,25)/t13-/m0/s1. The number of hydrogen-bond acceptors (Lipinski definition) is 6. The topological polar surface area (TPSA) is 113 Å². The van der Waals surface area contributed by atoms with Crippen molar-refractivity contribution < 1.29 is 14.0 Å². The van der Waals surface area contributed by atoms with Crippen LogP contribution in [0.3, 0.4) is 0 Å². The molecule has 2 amide bonds. The Kier molecular flexibility index (Phi) is 6.08. The van der Waals surface area contributed by atoms with Gasteiger partial charge >= 0.3 is 0 Å². The maximum atomic E-state index is 12.0. The van der Waals surface area contributed by atoms with E-state index >= 15 is 0 Å². The van der Waals surface area contributed by atoms with Gasteiger partial charge < -0.3 is 25.7 Å². The number of nitrogens with zero attached hydrogens (tertiary/aromatic N) is 2. The molecule has 0 saturated carbocycles. The summed E-state index contributed by atoms with van der Waals surface area (Å²) in [6, 6.07) is 7.35. The third-order valence-electron chi connectivity index (χ3n) is 4.43. The lowest BCUT2D eigenvalue weighted by molar-refractivity contribution is -0.115. The van der Waals surface area contributed by atoms with Gasteiger partial charge in [-0.25, -0.2) is 4.98 Å². The first-order valence-corrected chi connectivity index (χ1v) is 9.17. The van der Waals surface area contributed by atoms with Gasteiger partial charge in [0.1, 0.15) is 6.26 Å². The SMILES string of the molecule is C[C@H](N)c1nc(C(=O)NCC(=O)Nc2ccc(N3CCCCC3)cc2)co1. The minimum Gasteiger partial charge on any atom is -0.446 e. The van der Waals surface area contributed by atoms with Crippen LogP contribution >= 0.6 is 0 Å². The first kappa shape index (κ1) is 18.9. The van der Waals surface area contributed by atoms with E-state index in [0.717, 1.165) is 18.8 Å². The third-order valence-corrected chi connectivity index (χ3v) is 4.43. The zero-order valence-corrected chi connectivity index (χ0v) is 15.4. The molecule has 1 aromatic carbocycles. The van der Waals surface area contributed by atoms with Gasteiger partial charge in [0.25, 0.3) is 5.91 Å². The van der Waals surface area contributed by atoms with Crippen LogP contribution in [0.5, 0.6) is 0 Å². The highest BCUT2D eigenvalue weighted by atomic mass is 16.3. The summed E-state index contributed by atoms with van der Waals surface area (Å²) in [6.07, 6.45) is 4.95. The van der Waals surface area contributed by atoms with Crippen LogP contribution in [0.1, 0.15) is 48.6 Å².